The number of nitrogens with one attached hydrogen (secondary N) is 1. The van der Waals surface area contributed by atoms with Gasteiger partial charge in [0.2, 0.25) is 0 Å². The Labute approximate surface area is 171 Å². The summed E-state index contributed by atoms with van der Waals surface area (Å²) in [4.78, 5) is 24.1. The van der Waals surface area contributed by atoms with E-state index in [1.54, 1.807) is 24.3 Å². The molecule has 28 heavy (non-hydrogen) atoms. The Morgan fingerprint density at radius 1 is 0.893 bits per heavy atom. The van der Waals surface area contributed by atoms with Crippen LogP contribution in [-0.4, -0.2) is 11.9 Å². The van der Waals surface area contributed by atoms with Crippen LogP contribution in [0.4, 0.5) is 5.69 Å². The fourth-order valence-corrected chi connectivity index (χ4v) is 2.97. The highest BCUT2D eigenvalue weighted by atomic mass is 35.5. The van der Waals surface area contributed by atoms with Crippen molar-refractivity contribution in [2.24, 2.45) is 0 Å². The van der Waals surface area contributed by atoms with Gasteiger partial charge in [-0.15, -0.1) is 0 Å². The van der Waals surface area contributed by atoms with Crippen LogP contribution in [0.5, 0.6) is 17.2 Å². The number of hydrogen-bond acceptors (Lipinski definition) is 4. The zero-order valence-corrected chi connectivity index (χ0v) is 16.3. The van der Waals surface area contributed by atoms with Crippen LogP contribution in [0.2, 0.25) is 10.0 Å². The van der Waals surface area contributed by atoms with Crippen molar-refractivity contribution in [1.82, 2.24) is 0 Å². The molecule has 0 aliphatic heterocycles. The standard InChI is InChI=1S/C21H15Cl2NO4/c1-13(25)27-20-18(10-14(22)11-19(20)23)21(26)24-15-6-5-9-17(12-15)28-16-7-3-2-4-8-16/h2-12H,1H3,(H,24,26). The van der Waals surface area contributed by atoms with Crippen LogP contribution < -0.4 is 14.8 Å². The van der Waals surface area contributed by atoms with Crippen molar-refractivity contribution in [3.8, 4) is 17.2 Å². The predicted molar refractivity (Wildman–Crippen MR) is 109 cm³/mol. The van der Waals surface area contributed by atoms with Gasteiger partial charge in [-0.1, -0.05) is 47.5 Å². The fourth-order valence-electron chi connectivity index (χ4n) is 2.44. The number of carbonyl (C=O) groups excluding carboxylic acids is 2. The Morgan fingerprint density at radius 3 is 2.32 bits per heavy atom. The van der Waals surface area contributed by atoms with Gasteiger partial charge in [-0.25, -0.2) is 0 Å². The van der Waals surface area contributed by atoms with Gasteiger partial charge in [-0.2, -0.15) is 0 Å². The third kappa shape index (κ3) is 5.03. The van der Waals surface area contributed by atoms with Crippen LogP contribution >= 0.6 is 23.2 Å². The SMILES string of the molecule is CC(=O)Oc1c(Cl)cc(Cl)cc1C(=O)Nc1cccc(Oc2ccccc2)c1. The van der Waals surface area contributed by atoms with Gasteiger partial charge in [0.05, 0.1) is 10.6 Å². The summed E-state index contributed by atoms with van der Waals surface area (Å²) in [5.41, 5.74) is 0.533. The molecule has 0 aliphatic rings. The van der Waals surface area contributed by atoms with Crippen molar-refractivity contribution in [3.05, 3.63) is 82.3 Å². The van der Waals surface area contributed by atoms with Gasteiger partial charge in [0.15, 0.2) is 5.75 Å². The molecule has 142 valence electrons. The van der Waals surface area contributed by atoms with Crippen LogP contribution in [0, 0.1) is 0 Å². The second-order valence-corrected chi connectivity index (χ2v) is 6.60. The third-order valence-electron chi connectivity index (χ3n) is 3.57. The maximum absolute atomic E-state index is 12.7. The number of ether oxygens (including phenoxy) is 2. The van der Waals surface area contributed by atoms with Gasteiger partial charge >= 0.3 is 5.97 Å². The maximum Gasteiger partial charge on any atom is 0.308 e. The molecule has 3 aromatic rings. The van der Waals surface area contributed by atoms with Gasteiger partial charge in [0.25, 0.3) is 5.91 Å². The number of halogens is 2. The second-order valence-electron chi connectivity index (χ2n) is 5.76. The molecule has 0 aromatic heterocycles. The number of rotatable bonds is 5. The molecule has 0 saturated carbocycles. The van der Waals surface area contributed by atoms with Crippen molar-refractivity contribution in [2.75, 3.05) is 5.32 Å². The molecule has 0 fully saturated rings. The molecular weight excluding hydrogens is 401 g/mol. The van der Waals surface area contributed by atoms with Crippen LogP contribution in [-0.2, 0) is 4.79 Å². The minimum absolute atomic E-state index is 0.0436. The van der Waals surface area contributed by atoms with E-state index in [9.17, 15) is 9.59 Å². The van der Waals surface area contributed by atoms with Crippen LogP contribution in [0.1, 0.15) is 17.3 Å². The smallest absolute Gasteiger partial charge is 0.308 e. The lowest BCUT2D eigenvalue weighted by Gasteiger charge is -2.13. The minimum Gasteiger partial charge on any atom is -0.457 e. The average Bonchev–Trinajstić information content (AvgIpc) is 2.64. The molecule has 1 N–H and O–H groups in total. The van der Waals surface area contributed by atoms with E-state index in [-0.39, 0.29) is 21.4 Å². The van der Waals surface area contributed by atoms with E-state index in [1.165, 1.54) is 19.1 Å². The number of benzene rings is 3. The average molecular weight is 416 g/mol. The summed E-state index contributed by atoms with van der Waals surface area (Å²) >= 11 is 12.1. The molecule has 0 atom stereocenters. The van der Waals surface area contributed by atoms with E-state index in [0.717, 1.165) is 0 Å². The van der Waals surface area contributed by atoms with Crippen molar-refractivity contribution in [1.29, 1.82) is 0 Å². The van der Waals surface area contributed by atoms with E-state index in [4.69, 9.17) is 32.7 Å². The highest BCUT2D eigenvalue weighted by molar-refractivity contribution is 6.36. The zero-order chi connectivity index (χ0) is 20.1. The molecule has 1 amide bonds. The maximum atomic E-state index is 12.7. The van der Waals surface area contributed by atoms with Gasteiger partial charge < -0.3 is 14.8 Å². The quantitative estimate of drug-likeness (QED) is 0.412. The summed E-state index contributed by atoms with van der Waals surface area (Å²) < 4.78 is 10.8. The Bertz CT molecular complexity index is 1020. The lowest BCUT2D eigenvalue weighted by molar-refractivity contribution is -0.131. The molecule has 0 aliphatic carbocycles. The van der Waals surface area contributed by atoms with Gasteiger partial charge in [-0.3, -0.25) is 9.59 Å². The van der Waals surface area contributed by atoms with E-state index in [0.29, 0.717) is 17.2 Å². The first-order valence-corrected chi connectivity index (χ1v) is 9.00. The number of amides is 1. The first-order chi connectivity index (χ1) is 13.4. The summed E-state index contributed by atoms with van der Waals surface area (Å²) in [6.07, 6.45) is 0. The summed E-state index contributed by atoms with van der Waals surface area (Å²) in [6.45, 7) is 1.22. The largest absolute Gasteiger partial charge is 0.457 e. The molecule has 0 spiro atoms. The van der Waals surface area contributed by atoms with Crippen molar-refractivity contribution in [2.45, 2.75) is 6.92 Å². The normalized spacial score (nSPS) is 10.2. The van der Waals surface area contributed by atoms with Gasteiger partial charge in [0, 0.05) is 23.7 Å². The molecule has 0 bridgehead atoms. The van der Waals surface area contributed by atoms with E-state index < -0.39 is 11.9 Å². The molecule has 0 saturated heterocycles. The van der Waals surface area contributed by atoms with E-state index in [2.05, 4.69) is 5.32 Å². The van der Waals surface area contributed by atoms with Crippen molar-refractivity contribution in [3.63, 3.8) is 0 Å². The molecule has 5 nitrogen and oxygen atoms in total. The molecule has 0 radical (unpaired) electrons. The molecule has 0 unspecified atom stereocenters. The highest BCUT2D eigenvalue weighted by Crippen LogP contribution is 2.33. The molecule has 3 rings (SSSR count). The van der Waals surface area contributed by atoms with Crippen LogP contribution in [0.25, 0.3) is 0 Å². The summed E-state index contributed by atoms with van der Waals surface area (Å²) in [5, 5.41) is 3.03. The first kappa shape index (κ1) is 19.7. The Hall–Kier alpha value is -3.02. The number of para-hydroxylation sites is 1. The Balaban J connectivity index is 1.84. The molecule has 0 heterocycles. The van der Waals surface area contributed by atoms with Crippen LogP contribution in [0.3, 0.4) is 0 Å². The Kier molecular flexibility index (Phi) is 6.19. The highest BCUT2D eigenvalue weighted by Gasteiger charge is 2.19. The first-order valence-electron chi connectivity index (χ1n) is 8.24. The molecule has 3 aromatic carbocycles. The predicted octanol–water partition coefficient (Wildman–Crippen LogP) is 5.96. The number of carbonyl (C=O) groups is 2. The third-order valence-corrected chi connectivity index (χ3v) is 4.07. The van der Waals surface area contributed by atoms with Gasteiger partial charge in [0.1, 0.15) is 11.5 Å². The number of hydrogen-bond donors (Lipinski definition) is 1. The van der Waals surface area contributed by atoms with Crippen molar-refractivity contribution >= 4 is 40.8 Å². The summed E-state index contributed by atoms with van der Waals surface area (Å²) in [7, 11) is 0. The minimum atomic E-state index is -0.600. The monoisotopic (exact) mass is 415 g/mol. The number of anilines is 1. The lowest BCUT2D eigenvalue weighted by Crippen LogP contribution is -2.15. The van der Waals surface area contributed by atoms with Crippen molar-refractivity contribution < 1.29 is 19.1 Å². The van der Waals surface area contributed by atoms with Crippen LogP contribution in [0.15, 0.2) is 66.7 Å². The Morgan fingerprint density at radius 2 is 1.61 bits per heavy atom. The topological polar surface area (TPSA) is 64.6 Å². The summed E-state index contributed by atoms with van der Waals surface area (Å²) in [5.74, 6) is 0.0416. The zero-order valence-electron chi connectivity index (χ0n) is 14.7. The fraction of sp³-hybridized carbons (Fsp3) is 0.0476. The van der Waals surface area contributed by atoms with E-state index >= 15 is 0 Å². The van der Waals surface area contributed by atoms with E-state index in [1.807, 2.05) is 30.3 Å². The lowest BCUT2D eigenvalue weighted by atomic mass is 10.1. The van der Waals surface area contributed by atoms with Gasteiger partial charge in [-0.05, 0) is 36.4 Å². The second kappa shape index (κ2) is 8.78. The summed E-state index contributed by atoms with van der Waals surface area (Å²) in [6, 6.07) is 18.9. The number of esters is 1. The molecule has 7 heteroatoms. The molecular formula is C21H15Cl2NO4.